The first-order valence-corrected chi connectivity index (χ1v) is 15.9. The molecule has 9 aromatic rings. The van der Waals surface area contributed by atoms with Crippen molar-refractivity contribution in [3.63, 3.8) is 0 Å². The van der Waals surface area contributed by atoms with E-state index in [2.05, 4.69) is 130 Å². The van der Waals surface area contributed by atoms with E-state index in [0.29, 0.717) is 11.1 Å². The number of para-hydroxylation sites is 3. The molecule has 0 radical (unpaired) electrons. The number of fused-ring (bicyclic) bond motifs is 6. The van der Waals surface area contributed by atoms with Crippen LogP contribution in [-0.4, -0.2) is 9.13 Å². The monoisotopic (exact) mass is 610 g/mol. The zero-order valence-electron chi connectivity index (χ0n) is 25.8. The number of nitrogens with zero attached hydrogens (tertiary/aromatic N) is 4. The van der Waals surface area contributed by atoms with Gasteiger partial charge in [0, 0.05) is 38.4 Å². The molecule has 9 rings (SSSR count). The second kappa shape index (κ2) is 10.9. The highest BCUT2D eigenvalue weighted by molar-refractivity contribution is 6.11. The topological polar surface area (TPSA) is 57.4 Å². The Morgan fingerprint density at radius 3 is 1.71 bits per heavy atom. The van der Waals surface area contributed by atoms with E-state index in [1.807, 2.05) is 48.5 Å². The molecule has 4 heteroatoms. The lowest BCUT2D eigenvalue weighted by atomic mass is 9.90. The molecule has 7 aromatic carbocycles. The zero-order chi connectivity index (χ0) is 32.2. The van der Waals surface area contributed by atoms with Crippen LogP contribution in [0, 0.1) is 22.7 Å². The third-order valence-corrected chi connectivity index (χ3v) is 9.40. The molecule has 2 heterocycles. The molecular formula is C44H26N4. The minimum atomic E-state index is 0.621. The van der Waals surface area contributed by atoms with Gasteiger partial charge in [0.2, 0.25) is 0 Å². The van der Waals surface area contributed by atoms with Crippen molar-refractivity contribution in [1.82, 2.24) is 9.13 Å². The minimum absolute atomic E-state index is 0.621. The van der Waals surface area contributed by atoms with Crippen LogP contribution < -0.4 is 0 Å². The van der Waals surface area contributed by atoms with E-state index in [-0.39, 0.29) is 0 Å². The molecule has 222 valence electrons. The summed E-state index contributed by atoms with van der Waals surface area (Å²) in [4.78, 5) is 0. The maximum Gasteiger partial charge on any atom is 0.0998 e. The van der Waals surface area contributed by atoms with Crippen LogP contribution in [0.15, 0.2) is 158 Å². The highest BCUT2D eigenvalue weighted by Gasteiger charge is 2.21. The van der Waals surface area contributed by atoms with Crippen molar-refractivity contribution in [2.45, 2.75) is 0 Å². The van der Waals surface area contributed by atoms with Gasteiger partial charge in [-0.1, -0.05) is 97.1 Å². The van der Waals surface area contributed by atoms with Gasteiger partial charge in [-0.25, -0.2) is 0 Å². The summed E-state index contributed by atoms with van der Waals surface area (Å²) in [6.45, 7) is 0. The summed E-state index contributed by atoms with van der Waals surface area (Å²) in [5, 5.41) is 24.5. The second-order valence-corrected chi connectivity index (χ2v) is 12.0. The van der Waals surface area contributed by atoms with E-state index in [1.165, 1.54) is 10.8 Å². The van der Waals surface area contributed by atoms with Crippen LogP contribution in [0.5, 0.6) is 0 Å². The Bertz CT molecular complexity index is 2760. The molecular weight excluding hydrogens is 585 g/mol. The van der Waals surface area contributed by atoms with Crippen molar-refractivity contribution in [3.8, 4) is 45.8 Å². The SMILES string of the molecule is N#Cc1ccc2c(c1)c1ccccc1n2-c1cccc(-c2ccccc2C#N)c1-c1cccc(-n2c3ccccc3c3ccccc32)c1. The predicted octanol–water partition coefficient (Wildman–Crippen LogP) is 11.0. The first kappa shape index (κ1) is 27.4. The van der Waals surface area contributed by atoms with Crippen LogP contribution in [-0.2, 0) is 0 Å². The first-order valence-electron chi connectivity index (χ1n) is 15.9. The first-order chi connectivity index (χ1) is 23.7. The lowest BCUT2D eigenvalue weighted by molar-refractivity contribution is 1.17. The number of nitriles is 2. The summed E-state index contributed by atoms with van der Waals surface area (Å²) >= 11 is 0. The van der Waals surface area contributed by atoms with E-state index < -0.39 is 0 Å². The van der Waals surface area contributed by atoms with Gasteiger partial charge in [0.15, 0.2) is 0 Å². The fourth-order valence-electron chi connectivity index (χ4n) is 7.37. The van der Waals surface area contributed by atoms with E-state index in [1.54, 1.807) is 0 Å². The largest absolute Gasteiger partial charge is 0.309 e. The zero-order valence-corrected chi connectivity index (χ0v) is 25.8. The molecule has 0 unspecified atom stereocenters. The molecule has 0 atom stereocenters. The molecule has 48 heavy (non-hydrogen) atoms. The van der Waals surface area contributed by atoms with Crippen molar-refractivity contribution < 1.29 is 0 Å². The van der Waals surface area contributed by atoms with Crippen molar-refractivity contribution in [2.75, 3.05) is 0 Å². The number of aromatic nitrogens is 2. The van der Waals surface area contributed by atoms with Crippen molar-refractivity contribution in [1.29, 1.82) is 10.5 Å². The molecule has 4 nitrogen and oxygen atoms in total. The summed E-state index contributed by atoms with van der Waals surface area (Å²) in [7, 11) is 0. The molecule has 0 N–H and O–H groups in total. The van der Waals surface area contributed by atoms with Gasteiger partial charge in [-0.3, -0.25) is 0 Å². The van der Waals surface area contributed by atoms with Gasteiger partial charge in [0.1, 0.15) is 0 Å². The summed E-state index contributed by atoms with van der Waals surface area (Å²) in [6, 6.07) is 59.0. The average molecular weight is 611 g/mol. The molecule has 0 saturated carbocycles. The Morgan fingerprint density at radius 2 is 1.00 bits per heavy atom. The average Bonchev–Trinajstić information content (AvgIpc) is 3.67. The van der Waals surface area contributed by atoms with Crippen LogP contribution >= 0.6 is 0 Å². The summed E-state index contributed by atoms with van der Waals surface area (Å²) < 4.78 is 4.64. The van der Waals surface area contributed by atoms with Crippen LogP contribution in [0.25, 0.3) is 77.2 Å². The van der Waals surface area contributed by atoms with Crippen molar-refractivity contribution >= 4 is 43.6 Å². The summed E-state index contributed by atoms with van der Waals surface area (Å²) in [5.41, 5.74) is 11.6. The molecule has 0 bridgehead atoms. The van der Waals surface area contributed by atoms with E-state index in [4.69, 9.17) is 0 Å². The third-order valence-electron chi connectivity index (χ3n) is 9.40. The quantitative estimate of drug-likeness (QED) is 0.199. The van der Waals surface area contributed by atoms with Crippen LogP contribution in [0.1, 0.15) is 11.1 Å². The third kappa shape index (κ3) is 4.07. The highest BCUT2D eigenvalue weighted by atomic mass is 15.0. The van der Waals surface area contributed by atoms with Crippen LogP contribution in [0.4, 0.5) is 0 Å². The van der Waals surface area contributed by atoms with Gasteiger partial charge in [-0.2, -0.15) is 10.5 Å². The Labute approximate surface area is 277 Å². The van der Waals surface area contributed by atoms with Gasteiger partial charge in [-0.15, -0.1) is 0 Å². The van der Waals surface area contributed by atoms with E-state index in [9.17, 15) is 10.5 Å². The highest BCUT2D eigenvalue weighted by Crippen LogP contribution is 2.43. The molecule has 0 saturated heterocycles. The molecule has 0 aliphatic heterocycles. The lowest BCUT2D eigenvalue weighted by Crippen LogP contribution is -2.01. The number of hydrogen-bond donors (Lipinski definition) is 0. The Kier molecular flexibility index (Phi) is 6.22. The maximum absolute atomic E-state index is 10.2. The standard InChI is InChI=1S/C44H26N4/c45-27-29-23-24-42-38(25-29)36-17-5-8-21-41(36)48(42)43-22-10-18-37(33-14-2-1-11-31(33)28-46)44(43)30-12-9-13-32(26-30)47-39-19-6-3-15-34(39)35-16-4-7-20-40(35)47/h1-26H. The smallest absolute Gasteiger partial charge is 0.0998 e. The number of hydrogen-bond acceptors (Lipinski definition) is 2. The fraction of sp³-hybridized carbons (Fsp3) is 0. The second-order valence-electron chi connectivity index (χ2n) is 12.0. The number of benzene rings is 7. The normalized spacial score (nSPS) is 11.3. The fourth-order valence-corrected chi connectivity index (χ4v) is 7.37. The Balaban J connectivity index is 1.39. The molecule has 0 fully saturated rings. The van der Waals surface area contributed by atoms with Gasteiger partial charge in [0.25, 0.3) is 0 Å². The van der Waals surface area contributed by atoms with Gasteiger partial charge in [-0.05, 0) is 71.8 Å². The van der Waals surface area contributed by atoms with Gasteiger partial charge in [0.05, 0.1) is 51.0 Å². The number of rotatable bonds is 4. The molecule has 0 aliphatic carbocycles. The maximum atomic E-state index is 10.2. The van der Waals surface area contributed by atoms with E-state index in [0.717, 1.165) is 66.5 Å². The molecule has 0 spiro atoms. The van der Waals surface area contributed by atoms with Gasteiger partial charge >= 0.3 is 0 Å². The lowest BCUT2D eigenvalue weighted by Gasteiger charge is -2.20. The Morgan fingerprint density at radius 1 is 0.417 bits per heavy atom. The van der Waals surface area contributed by atoms with Crippen molar-refractivity contribution in [3.05, 3.63) is 169 Å². The molecule has 0 amide bonds. The van der Waals surface area contributed by atoms with Crippen LogP contribution in [0.2, 0.25) is 0 Å². The van der Waals surface area contributed by atoms with Crippen LogP contribution in [0.3, 0.4) is 0 Å². The summed E-state index contributed by atoms with van der Waals surface area (Å²) in [6.07, 6.45) is 0. The molecule has 2 aromatic heterocycles. The molecule has 0 aliphatic rings. The van der Waals surface area contributed by atoms with Gasteiger partial charge < -0.3 is 9.13 Å². The van der Waals surface area contributed by atoms with E-state index >= 15 is 0 Å². The minimum Gasteiger partial charge on any atom is -0.309 e. The van der Waals surface area contributed by atoms with Crippen molar-refractivity contribution in [2.24, 2.45) is 0 Å². The Hall–Kier alpha value is -6.88. The predicted molar refractivity (Wildman–Crippen MR) is 195 cm³/mol. The summed E-state index contributed by atoms with van der Waals surface area (Å²) in [5.74, 6) is 0.